The fraction of sp³-hybridized carbons (Fsp3) is 0.360. The van der Waals surface area contributed by atoms with Crippen LogP contribution in [0.15, 0.2) is 58.5 Å². The summed E-state index contributed by atoms with van der Waals surface area (Å²) in [6.45, 7) is 2.90. The molecule has 2 heterocycles. The van der Waals surface area contributed by atoms with Crippen molar-refractivity contribution in [3.8, 4) is 5.69 Å². The molecule has 0 spiro atoms. The van der Waals surface area contributed by atoms with Gasteiger partial charge in [0.05, 0.1) is 21.8 Å². The Hall–Kier alpha value is -3.20. The maximum atomic E-state index is 14.8. The number of thioether (sulfide) groups is 1. The smallest absolute Gasteiger partial charge is 0.266 e. The minimum absolute atomic E-state index is 0.0720. The molecule has 1 aliphatic rings. The molecular formula is C25H27FN4O3S. The monoisotopic (exact) mass is 482 g/mol. The van der Waals surface area contributed by atoms with Crippen molar-refractivity contribution >= 4 is 34.5 Å². The standard InChI is InChI=1S/C25H27FN4O3S/c1-2-7-21(24(33)29-14-12-16(13-15-29)22(27)31)34-25-28-19-10-5-3-8-17(19)23(32)30(25)20-11-6-4-9-18(20)26/h3-6,8-11,16,21H,2,7,12-15H2,1H3,(H2,27,31). The van der Waals surface area contributed by atoms with Gasteiger partial charge in [0.25, 0.3) is 5.56 Å². The van der Waals surface area contributed by atoms with E-state index in [1.807, 2.05) is 6.92 Å². The molecule has 1 aromatic heterocycles. The highest BCUT2D eigenvalue weighted by atomic mass is 32.2. The van der Waals surface area contributed by atoms with E-state index in [0.29, 0.717) is 43.3 Å². The number of benzene rings is 2. The van der Waals surface area contributed by atoms with E-state index < -0.39 is 11.1 Å². The second-order valence-electron chi connectivity index (χ2n) is 8.40. The summed E-state index contributed by atoms with van der Waals surface area (Å²) in [6.07, 6.45) is 2.40. The van der Waals surface area contributed by atoms with Crippen LogP contribution in [0.3, 0.4) is 0 Å². The third kappa shape index (κ3) is 4.84. The van der Waals surface area contributed by atoms with E-state index in [-0.39, 0.29) is 34.1 Å². The summed E-state index contributed by atoms with van der Waals surface area (Å²) in [6, 6.07) is 13.0. The quantitative estimate of drug-likeness (QED) is 0.411. The van der Waals surface area contributed by atoms with E-state index in [1.165, 1.54) is 28.5 Å². The molecule has 2 amide bonds. The number of amides is 2. The van der Waals surface area contributed by atoms with Crippen molar-refractivity contribution < 1.29 is 14.0 Å². The molecule has 1 fully saturated rings. The van der Waals surface area contributed by atoms with E-state index >= 15 is 0 Å². The Kier molecular flexibility index (Phi) is 7.31. The molecule has 0 aliphatic carbocycles. The number of primary amides is 1. The van der Waals surface area contributed by atoms with E-state index in [2.05, 4.69) is 4.98 Å². The maximum absolute atomic E-state index is 14.8. The topological polar surface area (TPSA) is 98.3 Å². The average Bonchev–Trinajstić information content (AvgIpc) is 2.84. The SMILES string of the molecule is CCCC(Sc1nc2ccccc2c(=O)n1-c1ccccc1F)C(=O)N1CCC(C(N)=O)CC1. The van der Waals surface area contributed by atoms with Gasteiger partial charge in [-0.1, -0.05) is 49.4 Å². The Morgan fingerprint density at radius 1 is 1.15 bits per heavy atom. The van der Waals surface area contributed by atoms with Crippen molar-refractivity contribution in [2.24, 2.45) is 11.7 Å². The lowest BCUT2D eigenvalue weighted by atomic mass is 9.96. The van der Waals surface area contributed by atoms with Crippen molar-refractivity contribution in [1.29, 1.82) is 0 Å². The van der Waals surface area contributed by atoms with E-state index in [9.17, 15) is 18.8 Å². The second kappa shape index (κ2) is 10.4. The number of nitrogens with two attached hydrogens (primary N) is 1. The van der Waals surface area contributed by atoms with Crippen molar-refractivity contribution in [3.05, 3.63) is 64.7 Å². The average molecular weight is 483 g/mol. The first-order valence-corrected chi connectivity index (χ1v) is 12.3. The number of halogens is 1. The van der Waals surface area contributed by atoms with E-state index in [4.69, 9.17) is 5.73 Å². The van der Waals surface area contributed by atoms with Gasteiger partial charge >= 0.3 is 0 Å². The van der Waals surface area contributed by atoms with Gasteiger partial charge in [-0.25, -0.2) is 9.37 Å². The van der Waals surface area contributed by atoms with Crippen LogP contribution in [0.1, 0.15) is 32.6 Å². The van der Waals surface area contributed by atoms with Gasteiger partial charge in [-0.05, 0) is 43.5 Å². The largest absolute Gasteiger partial charge is 0.369 e. The number of fused-ring (bicyclic) bond motifs is 1. The van der Waals surface area contributed by atoms with Crippen LogP contribution in [-0.4, -0.2) is 44.6 Å². The first kappa shape index (κ1) is 23.9. The van der Waals surface area contributed by atoms with Crippen LogP contribution >= 0.6 is 11.8 Å². The molecule has 0 bridgehead atoms. The number of rotatable bonds is 7. The third-order valence-corrected chi connectivity index (χ3v) is 7.33. The number of piperidine rings is 1. The van der Waals surface area contributed by atoms with Gasteiger partial charge in [0.2, 0.25) is 11.8 Å². The molecular weight excluding hydrogens is 455 g/mol. The number of aromatic nitrogens is 2. The summed E-state index contributed by atoms with van der Waals surface area (Å²) in [5, 5.41) is 0.149. The number of nitrogens with zero attached hydrogens (tertiary/aromatic N) is 3. The first-order valence-electron chi connectivity index (χ1n) is 11.4. The number of likely N-dealkylation sites (tertiary alicyclic amines) is 1. The Morgan fingerprint density at radius 2 is 1.82 bits per heavy atom. The summed E-state index contributed by atoms with van der Waals surface area (Å²) in [7, 11) is 0. The first-order chi connectivity index (χ1) is 16.4. The van der Waals surface area contributed by atoms with Gasteiger partial charge in [-0.3, -0.25) is 19.0 Å². The predicted octanol–water partition coefficient (Wildman–Crippen LogP) is 3.51. The zero-order valence-corrected chi connectivity index (χ0v) is 19.8. The molecule has 1 unspecified atom stereocenters. The van der Waals surface area contributed by atoms with Crippen molar-refractivity contribution in [2.75, 3.05) is 13.1 Å². The highest BCUT2D eigenvalue weighted by molar-refractivity contribution is 8.00. The summed E-state index contributed by atoms with van der Waals surface area (Å²) in [4.78, 5) is 44.8. The number of para-hydroxylation sites is 2. The summed E-state index contributed by atoms with van der Waals surface area (Å²) < 4.78 is 16.0. The highest BCUT2D eigenvalue weighted by Crippen LogP contribution is 2.30. The minimum atomic E-state index is -0.546. The minimum Gasteiger partial charge on any atom is -0.369 e. The lowest BCUT2D eigenvalue weighted by Gasteiger charge is -2.33. The zero-order chi connectivity index (χ0) is 24.2. The van der Waals surface area contributed by atoms with Crippen LogP contribution in [0.25, 0.3) is 16.6 Å². The van der Waals surface area contributed by atoms with Crippen LogP contribution < -0.4 is 11.3 Å². The van der Waals surface area contributed by atoms with Crippen LogP contribution in [0.5, 0.6) is 0 Å². The van der Waals surface area contributed by atoms with E-state index in [1.54, 1.807) is 41.3 Å². The lowest BCUT2D eigenvalue weighted by Crippen LogP contribution is -2.45. The Labute approximate surface area is 201 Å². The molecule has 3 aromatic rings. The molecule has 1 atom stereocenters. The number of carbonyl (C=O) groups excluding carboxylic acids is 2. The third-order valence-electron chi connectivity index (χ3n) is 6.12. The van der Waals surface area contributed by atoms with Crippen molar-refractivity contribution in [1.82, 2.24) is 14.5 Å². The second-order valence-corrected chi connectivity index (χ2v) is 9.57. The van der Waals surface area contributed by atoms with Crippen molar-refractivity contribution in [3.63, 3.8) is 0 Å². The van der Waals surface area contributed by atoms with Gasteiger partial charge in [-0.2, -0.15) is 0 Å². The normalized spacial score (nSPS) is 15.4. The molecule has 1 saturated heterocycles. The van der Waals surface area contributed by atoms with Gasteiger partial charge in [0.15, 0.2) is 5.16 Å². The molecule has 178 valence electrons. The lowest BCUT2D eigenvalue weighted by molar-refractivity contribution is -0.134. The highest BCUT2D eigenvalue weighted by Gasteiger charge is 2.31. The Bertz CT molecular complexity index is 1270. The number of carbonyl (C=O) groups is 2. The molecule has 7 nitrogen and oxygen atoms in total. The molecule has 0 saturated carbocycles. The molecule has 9 heteroatoms. The van der Waals surface area contributed by atoms with Gasteiger partial charge < -0.3 is 10.6 Å². The fourth-order valence-electron chi connectivity index (χ4n) is 4.25. The van der Waals surface area contributed by atoms with Crippen LogP contribution in [0, 0.1) is 11.7 Å². The molecule has 4 rings (SSSR count). The summed E-state index contributed by atoms with van der Waals surface area (Å²) >= 11 is 1.18. The number of hydrogen-bond donors (Lipinski definition) is 1. The van der Waals surface area contributed by atoms with Crippen LogP contribution in [0.2, 0.25) is 0 Å². The summed E-state index contributed by atoms with van der Waals surface area (Å²) in [5.41, 5.74) is 5.63. The summed E-state index contributed by atoms with van der Waals surface area (Å²) in [5.74, 6) is -1.16. The predicted molar refractivity (Wildman–Crippen MR) is 130 cm³/mol. The molecule has 1 aliphatic heterocycles. The fourth-order valence-corrected chi connectivity index (χ4v) is 5.54. The van der Waals surface area contributed by atoms with Crippen molar-refractivity contribution in [2.45, 2.75) is 43.0 Å². The Balaban J connectivity index is 1.72. The Morgan fingerprint density at radius 3 is 2.50 bits per heavy atom. The molecule has 34 heavy (non-hydrogen) atoms. The maximum Gasteiger partial charge on any atom is 0.266 e. The molecule has 2 aromatic carbocycles. The van der Waals surface area contributed by atoms with Gasteiger partial charge in [0, 0.05) is 19.0 Å². The van der Waals surface area contributed by atoms with Crippen LogP contribution in [0.4, 0.5) is 4.39 Å². The van der Waals surface area contributed by atoms with Crippen LogP contribution in [-0.2, 0) is 9.59 Å². The van der Waals surface area contributed by atoms with Gasteiger partial charge in [-0.15, -0.1) is 0 Å². The number of hydrogen-bond acceptors (Lipinski definition) is 5. The van der Waals surface area contributed by atoms with Gasteiger partial charge in [0.1, 0.15) is 5.82 Å². The van der Waals surface area contributed by atoms with E-state index in [0.717, 1.165) is 6.42 Å². The molecule has 0 radical (unpaired) electrons. The molecule has 2 N–H and O–H groups in total. The zero-order valence-electron chi connectivity index (χ0n) is 18.9.